The standard InChI is InChI=1S/C19H28N4O4.C17H28N2O7.C14H24N2O6.C11H19NO3.C10H14N2O.C4H5NO2.2ClH/c1-23(2)19(27)16(13-6-4-3-5-7-13)22-15(24)11-21-18(26)17(25)14(20)10-12-8-9-12;1-10(20)25-14(15(22)18-9-13(21)24-5)12(8-11-6-7-11)19-16(23)26-17(2,3)4;1-14(2,3)22-13(21)16-9(6-8-4-5-8)11(19)12(20)15-7-10(17)18;1-11(2,3)15-10(14)12-9(7-13)6-8-4-5-8;1-12(2)10(13)9(11)8-6-4-3-5-7-8;1-7-4(6)2-3-5;;/h3-7,12,14,16-17,25H,8-11,20H2,1-2H3,(H,21,26)(H,22,24);11-12,14H,6-9H2,1-5H3,(H,18,22)(H,19,23);8-9,11,19H,4-7H2,1-3H3,(H,15,20)(H,16,21)(H,17,18);7-9H,4-6H2,1-3H3,(H,12,14);3-7,9H,11H2,1-2H3;2H2,1H3;2*1H/t14?,16-,17?;;;;9-;;;/m0...0.../s1. The van der Waals surface area contributed by atoms with Gasteiger partial charge in [-0.05, 0) is 123 Å². The predicted molar refractivity (Wildman–Crippen MR) is 414 cm³/mol. The van der Waals surface area contributed by atoms with Crippen LogP contribution in [0.1, 0.15) is 176 Å². The molecule has 2 aromatic carbocycles. The number of carboxylic acids is 1. The number of nitriles is 1. The van der Waals surface area contributed by atoms with E-state index in [9.17, 15) is 77.3 Å². The molecule has 37 heteroatoms. The minimum atomic E-state index is -1.52. The van der Waals surface area contributed by atoms with E-state index in [4.69, 9.17) is 40.8 Å². The highest BCUT2D eigenvalue weighted by Crippen LogP contribution is 2.36. The Morgan fingerprint density at radius 3 is 1.32 bits per heavy atom. The number of methoxy groups -OCH3 is 2. The summed E-state index contributed by atoms with van der Waals surface area (Å²) in [6, 6.07) is 15.8. The van der Waals surface area contributed by atoms with E-state index in [-0.39, 0.29) is 56.1 Å². The van der Waals surface area contributed by atoms with Gasteiger partial charge >= 0.3 is 42.2 Å². The SMILES string of the molecule is CC(C)(C)OC(=O)NC(C=O)CC1CC1.CC(C)(C)OC(=O)NC(CC1CC1)C(O)C(=O)NCC(=O)O.CN(C)C(=O)[C@@H](N)c1ccccc1.CN(C)C(=O)[C@@H](NC(=O)CNC(=O)C(O)C(N)CC1CC1)c1ccccc1.COC(=O)CC#N.COC(=O)CNC(=O)C(OC(C)=O)C(CC1CC1)NC(=O)OC(C)(C)C.Cl.Cl. The fourth-order valence-electron chi connectivity index (χ4n) is 9.42. The summed E-state index contributed by atoms with van der Waals surface area (Å²) >= 11 is 0. The number of nitrogens with two attached hydrogens (primary N) is 2. The van der Waals surface area contributed by atoms with Gasteiger partial charge in [0, 0.05) is 41.2 Å². The molecule has 4 saturated carbocycles. The van der Waals surface area contributed by atoms with Crippen LogP contribution in [0, 0.1) is 35.0 Å². The van der Waals surface area contributed by atoms with E-state index in [1.54, 1.807) is 121 Å². The number of benzene rings is 2. The number of alkyl carbamates (subject to hydrolysis) is 3. The number of halogens is 2. The van der Waals surface area contributed by atoms with E-state index in [1.165, 1.54) is 43.8 Å². The molecule has 0 spiro atoms. The average molecular weight is 1630 g/mol. The number of aldehydes is 1. The van der Waals surface area contributed by atoms with Crippen molar-refractivity contribution in [3.8, 4) is 6.07 Å². The molecule has 0 heterocycles. The Morgan fingerprint density at radius 1 is 0.536 bits per heavy atom. The number of aliphatic hydroxyl groups excluding tert-OH is 2. The van der Waals surface area contributed by atoms with Crippen molar-refractivity contribution in [2.24, 2.45) is 35.1 Å². The molecule has 0 aliphatic heterocycles. The van der Waals surface area contributed by atoms with E-state index in [0.29, 0.717) is 48.5 Å². The maximum Gasteiger partial charge on any atom is 0.408 e. The molecule has 2 aromatic rings. The molecular weight excluding hydrogens is 1510 g/mol. The minimum Gasteiger partial charge on any atom is -0.480 e. The minimum absolute atomic E-state index is 0. The molecule has 4 aliphatic rings. The maximum absolute atomic E-state index is 12.4. The van der Waals surface area contributed by atoms with E-state index in [1.807, 2.05) is 36.4 Å². The second-order valence-electron chi connectivity index (χ2n) is 30.0. The van der Waals surface area contributed by atoms with E-state index >= 15 is 0 Å². The molecule has 0 radical (unpaired) electrons. The molecule has 14 N–H and O–H groups in total. The first-order valence-electron chi connectivity index (χ1n) is 36.1. The summed E-state index contributed by atoms with van der Waals surface area (Å²) in [4.78, 5) is 164. The van der Waals surface area contributed by atoms with Crippen molar-refractivity contribution in [2.45, 2.75) is 224 Å². The lowest BCUT2D eigenvalue weighted by Crippen LogP contribution is -2.54. The number of nitrogens with zero attached hydrogens (tertiary/aromatic N) is 3. The van der Waals surface area contributed by atoms with Crippen molar-refractivity contribution < 1.29 is 111 Å². The van der Waals surface area contributed by atoms with Gasteiger partial charge in [-0.3, -0.25) is 47.9 Å². The van der Waals surface area contributed by atoms with Crippen LogP contribution in [0.15, 0.2) is 60.7 Å². The van der Waals surface area contributed by atoms with Crippen LogP contribution in [0.25, 0.3) is 0 Å². The fraction of sp³-hybridized carbons (Fsp3) is 0.640. The molecule has 9 amide bonds. The van der Waals surface area contributed by atoms with Gasteiger partial charge in [0.15, 0.2) is 12.2 Å². The number of hydrogen-bond acceptors (Lipinski definition) is 25. The third kappa shape index (κ3) is 49.7. The molecule has 4 aliphatic carbocycles. The van der Waals surface area contributed by atoms with Crippen molar-refractivity contribution in [1.29, 1.82) is 5.26 Å². The number of carbonyl (C=O) groups is 14. The summed E-state index contributed by atoms with van der Waals surface area (Å²) < 4.78 is 29.1. The maximum atomic E-state index is 12.4. The lowest BCUT2D eigenvalue weighted by atomic mass is 10.0. The Bertz CT molecular complexity index is 3340. The van der Waals surface area contributed by atoms with Gasteiger partial charge in [-0.2, -0.15) is 5.26 Å². The molecule has 6 rings (SSSR count). The summed E-state index contributed by atoms with van der Waals surface area (Å²) in [7, 11) is 9.04. The van der Waals surface area contributed by atoms with Crippen LogP contribution in [0.4, 0.5) is 14.4 Å². The number of rotatable bonds is 31. The first-order valence-corrected chi connectivity index (χ1v) is 36.1. The van der Waals surface area contributed by atoms with Gasteiger partial charge in [-0.1, -0.05) is 112 Å². The van der Waals surface area contributed by atoms with Gasteiger partial charge in [-0.15, -0.1) is 24.8 Å². The number of amides is 9. The lowest BCUT2D eigenvalue weighted by molar-refractivity contribution is -0.156. The van der Waals surface area contributed by atoms with Gasteiger partial charge < -0.3 is 107 Å². The predicted octanol–water partition coefficient (Wildman–Crippen LogP) is 4.25. The zero-order valence-electron chi connectivity index (χ0n) is 67.0. The highest BCUT2D eigenvalue weighted by Gasteiger charge is 2.39. The summed E-state index contributed by atoms with van der Waals surface area (Å²) in [6.45, 7) is 15.5. The Labute approximate surface area is 668 Å². The normalized spacial score (nSPS) is 15.4. The summed E-state index contributed by atoms with van der Waals surface area (Å²) in [5, 5.41) is 53.5. The zero-order chi connectivity index (χ0) is 83.8. The molecular formula is C75H120Cl2N12O23. The smallest absolute Gasteiger partial charge is 0.408 e. The largest absolute Gasteiger partial charge is 0.480 e. The number of esters is 3. The molecule has 632 valence electrons. The summed E-state index contributed by atoms with van der Waals surface area (Å²) in [5.41, 5.74) is 11.2. The molecule has 7 unspecified atom stereocenters. The zero-order valence-corrected chi connectivity index (χ0v) is 68.6. The highest BCUT2D eigenvalue weighted by molar-refractivity contribution is 5.92. The van der Waals surface area contributed by atoms with E-state index < -0.39 is 144 Å². The van der Waals surface area contributed by atoms with Crippen LogP contribution < -0.4 is 48.7 Å². The van der Waals surface area contributed by atoms with Gasteiger partial charge in [0.1, 0.15) is 60.8 Å². The number of carbonyl (C=O) groups excluding carboxylic acids is 13. The van der Waals surface area contributed by atoms with E-state index in [0.717, 1.165) is 56.8 Å². The van der Waals surface area contributed by atoms with Crippen molar-refractivity contribution in [3.05, 3.63) is 71.8 Å². The van der Waals surface area contributed by atoms with Crippen LogP contribution in [0.5, 0.6) is 0 Å². The molecule has 0 bridgehead atoms. The highest BCUT2D eigenvalue weighted by atomic mass is 35.5. The van der Waals surface area contributed by atoms with Crippen LogP contribution in [0.3, 0.4) is 0 Å². The third-order valence-corrected chi connectivity index (χ3v) is 15.6. The topological polar surface area (TPSA) is 522 Å². The monoisotopic (exact) mass is 1630 g/mol. The van der Waals surface area contributed by atoms with Crippen molar-refractivity contribution in [3.63, 3.8) is 0 Å². The number of likely N-dealkylation sites (N-methyl/N-ethyl adjacent to an activating group) is 2. The number of hydrogen-bond donors (Lipinski definition) is 12. The number of ether oxygens (including phenoxy) is 6. The molecule has 35 nitrogen and oxygen atoms in total. The second kappa shape index (κ2) is 52.7. The molecule has 9 atom stereocenters. The molecule has 4 fully saturated rings. The van der Waals surface area contributed by atoms with Crippen molar-refractivity contribution in [2.75, 3.05) is 62.0 Å². The summed E-state index contributed by atoms with van der Waals surface area (Å²) in [5.74, 6) is -4.33. The number of aliphatic hydroxyl groups is 2. The summed E-state index contributed by atoms with van der Waals surface area (Å²) in [6.07, 6.45) is 5.17. The van der Waals surface area contributed by atoms with Crippen molar-refractivity contribution in [1.82, 2.24) is 47.0 Å². The Balaban J connectivity index is 0. The van der Waals surface area contributed by atoms with Gasteiger partial charge in [0.25, 0.3) is 17.7 Å². The van der Waals surface area contributed by atoms with E-state index in [2.05, 4.69) is 46.7 Å². The lowest BCUT2D eigenvalue weighted by Gasteiger charge is -2.28. The second-order valence-corrected chi connectivity index (χ2v) is 30.0. The fourth-order valence-corrected chi connectivity index (χ4v) is 9.42. The quantitative estimate of drug-likeness (QED) is 0.0285. The van der Waals surface area contributed by atoms with Gasteiger partial charge in [0.2, 0.25) is 17.7 Å². The van der Waals surface area contributed by atoms with Gasteiger partial charge in [-0.25, -0.2) is 14.4 Å². The first-order chi connectivity index (χ1) is 51.2. The first kappa shape index (κ1) is 105. The Morgan fingerprint density at radius 2 is 0.929 bits per heavy atom. The number of nitrogens with one attached hydrogen (secondary N) is 7. The number of aliphatic carboxylic acids is 1. The molecule has 0 aromatic heterocycles. The Hall–Kier alpha value is -9.47. The van der Waals surface area contributed by atoms with Crippen LogP contribution in [-0.2, 0) is 81.2 Å². The van der Waals surface area contributed by atoms with Gasteiger partial charge in [0.05, 0.1) is 45.0 Å². The van der Waals surface area contributed by atoms with Crippen LogP contribution in [-0.4, -0.2) is 230 Å². The van der Waals surface area contributed by atoms with Crippen LogP contribution in [0.2, 0.25) is 0 Å². The molecule has 0 saturated heterocycles. The number of carboxylic acid groups (broad SMARTS) is 1. The molecule has 112 heavy (non-hydrogen) atoms. The third-order valence-electron chi connectivity index (χ3n) is 15.6. The van der Waals surface area contributed by atoms with Crippen molar-refractivity contribution >= 4 is 109 Å². The Kier molecular flexibility index (Phi) is 49.2. The average Bonchev–Trinajstić information content (AvgIpc) is 1.81. The van der Waals surface area contributed by atoms with Crippen LogP contribution >= 0.6 is 24.8 Å².